The van der Waals surface area contributed by atoms with Crippen LogP contribution in [0.2, 0.25) is 0 Å². The molecule has 0 spiro atoms. The second kappa shape index (κ2) is 6.83. The number of hydrogen-bond donors (Lipinski definition) is 3. The summed E-state index contributed by atoms with van der Waals surface area (Å²) in [4.78, 5) is 20.4. The van der Waals surface area contributed by atoms with Crippen molar-refractivity contribution in [3.8, 4) is 0 Å². The summed E-state index contributed by atoms with van der Waals surface area (Å²) in [5, 5.41) is 5.83. The van der Waals surface area contributed by atoms with Crippen LogP contribution in [-0.2, 0) is 16.3 Å². The number of benzene rings is 1. The average Bonchev–Trinajstić information content (AvgIpc) is 2.53. The Bertz CT molecular complexity index is 881. The highest BCUT2D eigenvalue weighted by Crippen LogP contribution is 2.23. The van der Waals surface area contributed by atoms with Crippen molar-refractivity contribution in [3.63, 3.8) is 0 Å². The van der Waals surface area contributed by atoms with Gasteiger partial charge in [-0.05, 0) is 24.6 Å². The number of carbonyl (C=O) groups is 1. The van der Waals surface area contributed by atoms with Crippen LogP contribution in [0.5, 0.6) is 0 Å². The monoisotopic (exact) mass is 349 g/mol. The van der Waals surface area contributed by atoms with Gasteiger partial charge in [0.25, 0.3) is 5.91 Å². The molecule has 0 atom stereocenters. The molecule has 2 aromatic rings. The molecule has 8 nitrogen and oxygen atoms in total. The lowest BCUT2D eigenvalue weighted by Crippen LogP contribution is -2.19. The van der Waals surface area contributed by atoms with Crippen LogP contribution in [0.3, 0.4) is 0 Å². The van der Waals surface area contributed by atoms with Crippen LogP contribution < -0.4 is 16.4 Å². The van der Waals surface area contributed by atoms with Gasteiger partial charge in [0.05, 0.1) is 10.6 Å². The lowest BCUT2D eigenvalue weighted by Gasteiger charge is -2.13. The number of nitrogens with one attached hydrogen (secondary N) is 2. The number of carbonyl (C=O) groups excluding carboxylic acids is 1. The summed E-state index contributed by atoms with van der Waals surface area (Å²) in [7, 11) is -1.65. The summed E-state index contributed by atoms with van der Waals surface area (Å²) in [5.41, 5.74) is 6.45. The Balaban J connectivity index is 2.51. The first-order chi connectivity index (χ1) is 11.3. The smallest absolute Gasteiger partial charge is 0.271 e. The third-order valence-corrected chi connectivity index (χ3v) is 4.41. The van der Waals surface area contributed by atoms with E-state index in [9.17, 15) is 13.2 Å². The van der Waals surface area contributed by atoms with E-state index in [1.165, 1.54) is 12.1 Å². The molecule has 1 heterocycles. The number of amides is 1. The summed E-state index contributed by atoms with van der Waals surface area (Å²) in [5.74, 6) is -0.0411. The maximum Gasteiger partial charge on any atom is 0.271 e. The Morgan fingerprint density at radius 1 is 1.25 bits per heavy atom. The molecule has 1 aromatic heterocycles. The molecule has 0 aliphatic rings. The predicted molar refractivity (Wildman–Crippen MR) is 92.3 cm³/mol. The van der Waals surface area contributed by atoms with Gasteiger partial charge in [-0.1, -0.05) is 13.0 Å². The van der Waals surface area contributed by atoms with Crippen molar-refractivity contribution in [1.29, 1.82) is 0 Å². The normalized spacial score (nSPS) is 11.1. The summed E-state index contributed by atoms with van der Waals surface area (Å²) < 4.78 is 23.3. The zero-order valence-electron chi connectivity index (χ0n) is 13.6. The highest BCUT2D eigenvalue weighted by atomic mass is 32.2. The van der Waals surface area contributed by atoms with Gasteiger partial charge in [-0.15, -0.1) is 0 Å². The number of anilines is 3. The fourth-order valence-electron chi connectivity index (χ4n) is 2.12. The van der Waals surface area contributed by atoms with Gasteiger partial charge in [-0.3, -0.25) is 4.79 Å². The molecule has 4 N–H and O–H groups in total. The minimum Gasteiger partial charge on any atom is -0.372 e. The highest BCUT2D eigenvalue weighted by Gasteiger charge is 2.17. The van der Waals surface area contributed by atoms with Gasteiger partial charge < -0.3 is 16.4 Å². The minimum absolute atomic E-state index is 0.00407. The SMILES string of the molecule is CCc1nc(C(N)=O)c(Nc2cccc(S(C)(=O)=O)c2)nc1NC. The maximum absolute atomic E-state index is 11.7. The molecule has 1 aromatic carbocycles. The van der Waals surface area contributed by atoms with Crippen molar-refractivity contribution in [2.45, 2.75) is 18.2 Å². The van der Waals surface area contributed by atoms with Gasteiger partial charge in [0.1, 0.15) is 5.82 Å². The van der Waals surface area contributed by atoms with Crippen LogP contribution in [0.1, 0.15) is 23.1 Å². The number of rotatable bonds is 6. The molecular weight excluding hydrogens is 330 g/mol. The largest absolute Gasteiger partial charge is 0.372 e. The van der Waals surface area contributed by atoms with Gasteiger partial charge in [0.15, 0.2) is 21.3 Å². The number of hydrogen-bond acceptors (Lipinski definition) is 7. The second-order valence-corrected chi connectivity index (χ2v) is 7.12. The van der Waals surface area contributed by atoms with Crippen molar-refractivity contribution >= 4 is 33.1 Å². The molecule has 0 fully saturated rings. The Kier molecular flexibility index (Phi) is 5.03. The molecule has 1 amide bonds. The molecule has 0 saturated carbocycles. The first-order valence-electron chi connectivity index (χ1n) is 7.21. The van der Waals surface area contributed by atoms with Crippen LogP contribution in [0.25, 0.3) is 0 Å². The van der Waals surface area contributed by atoms with Gasteiger partial charge in [-0.2, -0.15) is 0 Å². The van der Waals surface area contributed by atoms with Crippen molar-refractivity contribution in [2.75, 3.05) is 23.9 Å². The molecule has 0 radical (unpaired) electrons. The molecule has 9 heteroatoms. The standard InChI is InChI=1S/C15H19N5O3S/c1-4-11-14(17-2)20-15(12(19-11)13(16)21)18-9-6-5-7-10(8-9)24(3,22)23/h5-8H,4H2,1-3H3,(H2,16,21)(H2,17,18,20). The zero-order valence-corrected chi connectivity index (χ0v) is 14.4. The van der Waals surface area contributed by atoms with Gasteiger partial charge in [0.2, 0.25) is 0 Å². The molecule has 0 bridgehead atoms. The van der Waals surface area contributed by atoms with E-state index in [4.69, 9.17) is 5.73 Å². The Labute approximate surface area is 140 Å². The van der Waals surface area contributed by atoms with E-state index < -0.39 is 15.7 Å². The minimum atomic E-state index is -3.35. The van der Waals surface area contributed by atoms with E-state index in [0.717, 1.165) is 6.26 Å². The lowest BCUT2D eigenvalue weighted by molar-refractivity contribution is 0.0996. The average molecular weight is 349 g/mol. The third kappa shape index (κ3) is 3.80. The molecule has 0 unspecified atom stereocenters. The van der Waals surface area contributed by atoms with Crippen molar-refractivity contribution in [1.82, 2.24) is 9.97 Å². The van der Waals surface area contributed by atoms with Crippen LogP contribution in [0, 0.1) is 0 Å². The van der Waals surface area contributed by atoms with E-state index in [0.29, 0.717) is 23.6 Å². The molecule has 0 aliphatic carbocycles. The molecule has 24 heavy (non-hydrogen) atoms. The first-order valence-corrected chi connectivity index (χ1v) is 9.11. The van der Waals surface area contributed by atoms with E-state index in [1.807, 2.05) is 6.92 Å². The van der Waals surface area contributed by atoms with Crippen LogP contribution in [-0.4, -0.2) is 37.6 Å². The summed E-state index contributed by atoms with van der Waals surface area (Å²) in [6, 6.07) is 6.19. The molecular formula is C15H19N5O3S. The van der Waals surface area contributed by atoms with Crippen molar-refractivity contribution in [3.05, 3.63) is 35.7 Å². The topological polar surface area (TPSA) is 127 Å². The van der Waals surface area contributed by atoms with Crippen LogP contribution in [0.4, 0.5) is 17.3 Å². The fraction of sp³-hybridized carbons (Fsp3) is 0.267. The molecule has 128 valence electrons. The van der Waals surface area contributed by atoms with Gasteiger partial charge in [-0.25, -0.2) is 18.4 Å². The van der Waals surface area contributed by atoms with Gasteiger partial charge >= 0.3 is 0 Å². The summed E-state index contributed by atoms with van der Waals surface area (Å²) in [6.07, 6.45) is 1.70. The Hall–Kier alpha value is -2.68. The van der Waals surface area contributed by atoms with Crippen LogP contribution in [0.15, 0.2) is 29.2 Å². The second-order valence-electron chi connectivity index (χ2n) is 5.11. The number of aryl methyl sites for hydroxylation is 1. The summed E-state index contributed by atoms with van der Waals surface area (Å²) in [6.45, 7) is 1.89. The lowest BCUT2D eigenvalue weighted by atomic mass is 10.2. The van der Waals surface area contributed by atoms with Crippen molar-refractivity contribution < 1.29 is 13.2 Å². The van der Waals surface area contributed by atoms with E-state index in [2.05, 4.69) is 20.6 Å². The summed E-state index contributed by atoms with van der Waals surface area (Å²) >= 11 is 0. The van der Waals surface area contributed by atoms with Gasteiger partial charge in [0, 0.05) is 19.0 Å². The number of sulfone groups is 1. The highest BCUT2D eigenvalue weighted by molar-refractivity contribution is 7.90. The van der Waals surface area contributed by atoms with Crippen LogP contribution >= 0.6 is 0 Å². The fourth-order valence-corrected chi connectivity index (χ4v) is 2.78. The quantitative estimate of drug-likeness (QED) is 0.718. The van der Waals surface area contributed by atoms with E-state index in [1.54, 1.807) is 19.2 Å². The number of nitrogens with two attached hydrogens (primary N) is 1. The van der Waals surface area contributed by atoms with E-state index in [-0.39, 0.29) is 16.4 Å². The molecule has 2 rings (SSSR count). The Morgan fingerprint density at radius 3 is 2.50 bits per heavy atom. The first kappa shape index (κ1) is 17.7. The number of nitrogens with zero attached hydrogens (tertiary/aromatic N) is 2. The van der Waals surface area contributed by atoms with Crippen molar-refractivity contribution in [2.24, 2.45) is 5.73 Å². The third-order valence-electron chi connectivity index (χ3n) is 3.30. The number of aromatic nitrogens is 2. The molecule has 0 saturated heterocycles. The zero-order chi connectivity index (χ0) is 17.9. The molecule has 0 aliphatic heterocycles. The number of primary amides is 1. The Morgan fingerprint density at radius 2 is 1.96 bits per heavy atom. The maximum atomic E-state index is 11.7. The predicted octanol–water partition coefficient (Wildman–Crippen LogP) is 1.33. The van der Waals surface area contributed by atoms with E-state index >= 15 is 0 Å².